The highest BCUT2D eigenvalue weighted by molar-refractivity contribution is 7.51. The van der Waals surface area contributed by atoms with E-state index in [9.17, 15) is 13.2 Å². The molecule has 1 aromatic heterocycles. The molecule has 2 unspecified atom stereocenters. The average Bonchev–Trinajstić information content (AvgIpc) is 2.02. The number of rotatable bonds is 0. The number of hydrogen-bond donors (Lipinski definition) is 0. The largest absolute Gasteiger partial charge is 0.289 e. The summed E-state index contributed by atoms with van der Waals surface area (Å²) in [4.78, 5) is 0. The highest BCUT2D eigenvalue weighted by Gasteiger charge is 2.00. The van der Waals surface area contributed by atoms with Crippen molar-refractivity contribution in [2.45, 2.75) is 6.92 Å². The Kier molecular flexibility index (Phi) is 5.92. The average molecular weight is 234 g/mol. The Morgan fingerprint density at radius 3 is 2.50 bits per heavy atom. The summed E-state index contributed by atoms with van der Waals surface area (Å²) in [7, 11) is -3.62. The molecule has 0 aliphatic carbocycles. The van der Waals surface area contributed by atoms with Crippen LogP contribution in [0.4, 0.5) is 13.2 Å². The van der Waals surface area contributed by atoms with Crippen molar-refractivity contribution in [3.63, 3.8) is 0 Å². The minimum atomic E-state index is -2.87. The Balaban J connectivity index is 0.000000354. The maximum atomic E-state index is 12.1. The topological polar surface area (TPSA) is 46.5 Å². The third-order valence-electron chi connectivity index (χ3n) is 0.527. The molecule has 0 spiro atoms. The Hall–Kier alpha value is -0.420. The van der Waals surface area contributed by atoms with Crippen LogP contribution in [0.5, 0.6) is 0 Å². The summed E-state index contributed by atoms with van der Waals surface area (Å²) >= 11 is 0. The number of nitriles is 1. The minimum absolute atomic E-state index is 0.138. The molecule has 68 valence electrons. The van der Waals surface area contributed by atoms with Crippen molar-refractivity contribution in [2.75, 3.05) is 0 Å². The zero-order valence-corrected chi connectivity index (χ0v) is 8.61. The zero-order chi connectivity index (χ0) is 9.56. The van der Waals surface area contributed by atoms with E-state index in [0.717, 1.165) is 0 Å². The van der Waals surface area contributed by atoms with Crippen molar-refractivity contribution in [1.82, 2.24) is 13.1 Å². The maximum Gasteiger partial charge on any atom is 0.289 e. The SMILES string of the molecule is CC#N.Fn1pn[pH]n(F)p1F. The van der Waals surface area contributed by atoms with Crippen molar-refractivity contribution >= 4 is 25.2 Å². The van der Waals surface area contributed by atoms with E-state index >= 15 is 0 Å². The molecule has 0 aromatic carbocycles. The molecule has 0 saturated heterocycles. The summed E-state index contributed by atoms with van der Waals surface area (Å²) in [6.07, 6.45) is 0. The van der Waals surface area contributed by atoms with Crippen LogP contribution in [-0.4, -0.2) is 13.1 Å². The van der Waals surface area contributed by atoms with E-state index in [-0.39, 0.29) is 17.1 Å². The van der Waals surface area contributed by atoms with Gasteiger partial charge in [0.2, 0.25) is 0 Å². The molecule has 0 N–H and O–H groups in total. The minimum Gasteiger partial charge on any atom is -0.199 e. The van der Waals surface area contributed by atoms with Crippen LogP contribution >= 0.6 is 25.2 Å². The number of halogens is 3. The van der Waals surface area contributed by atoms with Gasteiger partial charge >= 0.3 is 0 Å². The smallest absolute Gasteiger partial charge is 0.199 e. The summed E-state index contributed by atoms with van der Waals surface area (Å²) in [5.41, 5.74) is 0. The Labute approximate surface area is 70.6 Å². The van der Waals surface area contributed by atoms with E-state index in [4.69, 9.17) is 5.26 Å². The molecule has 10 heteroatoms. The first-order valence-electron chi connectivity index (χ1n) is 2.48. The lowest BCUT2D eigenvalue weighted by atomic mass is 11.0. The van der Waals surface area contributed by atoms with Crippen LogP contribution in [0.15, 0.2) is 0 Å². The number of hydrogen-bond acceptors (Lipinski definition) is 2. The van der Waals surface area contributed by atoms with Crippen LogP contribution in [0.3, 0.4) is 0 Å². The second-order valence-electron chi connectivity index (χ2n) is 1.25. The molecule has 4 nitrogen and oxygen atoms in total. The fourth-order valence-electron chi connectivity index (χ4n) is 0.229. The lowest BCUT2D eigenvalue weighted by molar-refractivity contribution is 0.404. The van der Waals surface area contributed by atoms with Crippen LogP contribution in [0, 0.1) is 11.3 Å². The fraction of sp³-hybridized carbons (Fsp3) is 0.500. The molecule has 1 heterocycles. The second-order valence-corrected chi connectivity index (χ2v) is 5.05. The van der Waals surface area contributed by atoms with Gasteiger partial charge in [0.25, 0.3) is 8.16 Å². The molecular formula is C2H4F3N4P3. The first-order chi connectivity index (χ1) is 5.63. The van der Waals surface area contributed by atoms with Crippen LogP contribution in [-0.2, 0) is 0 Å². The third-order valence-corrected chi connectivity index (χ3v) is 3.56. The van der Waals surface area contributed by atoms with E-state index in [1.807, 2.05) is 0 Å². The fourth-order valence-corrected chi connectivity index (χ4v) is 3.06. The van der Waals surface area contributed by atoms with Gasteiger partial charge in [-0.15, -0.1) is 8.51 Å². The Morgan fingerprint density at radius 1 is 1.67 bits per heavy atom. The van der Waals surface area contributed by atoms with E-state index in [1.165, 1.54) is 6.92 Å². The normalized spacial score (nSPS) is 10.8. The third kappa shape index (κ3) is 3.82. The predicted octanol–water partition coefficient (Wildman–Crippen LogP) is 3.13. The van der Waals surface area contributed by atoms with Gasteiger partial charge in [-0.1, -0.05) is 13.3 Å². The molecule has 0 radical (unpaired) electrons. The van der Waals surface area contributed by atoms with Gasteiger partial charge in [0.15, 0.2) is 8.51 Å². The Bertz CT molecular complexity index is 280. The molecule has 12 heavy (non-hydrogen) atoms. The quantitative estimate of drug-likeness (QED) is 0.692. The predicted molar refractivity (Wildman–Crippen MR) is 43.4 cm³/mol. The molecule has 1 aromatic rings. The van der Waals surface area contributed by atoms with Gasteiger partial charge in [-0.3, -0.25) is 0 Å². The first-order valence-corrected chi connectivity index (χ1v) is 5.31. The molecule has 0 bridgehead atoms. The molecule has 2 atom stereocenters. The highest BCUT2D eigenvalue weighted by atomic mass is 31.2. The summed E-state index contributed by atoms with van der Waals surface area (Å²) < 4.78 is 38.7. The van der Waals surface area contributed by atoms with Gasteiger partial charge in [0.05, 0.1) is 14.6 Å². The summed E-state index contributed by atoms with van der Waals surface area (Å²) in [5, 5.41) is 7.32. The number of nitrogens with zero attached hydrogens (tertiary/aromatic N) is 4. The molecule has 0 aliphatic rings. The molecule has 0 aliphatic heterocycles. The monoisotopic (exact) mass is 234 g/mol. The van der Waals surface area contributed by atoms with Crippen molar-refractivity contribution in [1.29, 1.82) is 5.26 Å². The molecule has 0 saturated carbocycles. The van der Waals surface area contributed by atoms with Crippen LogP contribution in [0.25, 0.3) is 0 Å². The molecule has 0 fully saturated rings. The van der Waals surface area contributed by atoms with Crippen molar-refractivity contribution in [3.05, 3.63) is 0 Å². The van der Waals surface area contributed by atoms with E-state index in [2.05, 4.69) is 4.51 Å². The lowest BCUT2D eigenvalue weighted by Gasteiger charge is -1.94. The zero-order valence-electron chi connectivity index (χ0n) is 5.82. The summed E-state index contributed by atoms with van der Waals surface area (Å²) in [6, 6.07) is 1.75. The van der Waals surface area contributed by atoms with Gasteiger partial charge < -0.3 is 0 Å². The molecule has 0 amide bonds. The number of aromatic nitrogens is 3. The van der Waals surface area contributed by atoms with Gasteiger partial charge in [-0.05, 0) is 0 Å². The van der Waals surface area contributed by atoms with Gasteiger partial charge in [-0.25, -0.2) is 0 Å². The second kappa shape index (κ2) is 6.14. The lowest BCUT2D eigenvalue weighted by Crippen LogP contribution is -1.78. The summed E-state index contributed by atoms with van der Waals surface area (Å²) in [5.74, 6) is 0. The van der Waals surface area contributed by atoms with E-state index in [1.54, 1.807) is 6.07 Å². The van der Waals surface area contributed by atoms with Gasteiger partial charge in [-0.2, -0.15) is 9.77 Å². The van der Waals surface area contributed by atoms with Gasteiger partial charge in [0, 0.05) is 6.92 Å². The van der Waals surface area contributed by atoms with Crippen LogP contribution in [0.2, 0.25) is 0 Å². The van der Waals surface area contributed by atoms with E-state index < -0.39 is 16.7 Å². The summed E-state index contributed by atoms with van der Waals surface area (Å²) in [6.45, 7) is 1.43. The first kappa shape index (κ1) is 11.6. The Morgan fingerprint density at radius 2 is 2.17 bits per heavy atom. The molecular weight excluding hydrogens is 230 g/mol. The van der Waals surface area contributed by atoms with Crippen LogP contribution < -0.4 is 0 Å². The van der Waals surface area contributed by atoms with Crippen LogP contribution in [0.1, 0.15) is 6.92 Å². The van der Waals surface area contributed by atoms with Crippen molar-refractivity contribution in [2.24, 2.45) is 0 Å². The van der Waals surface area contributed by atoms with Crippen molar-refractivity contribution in [3.8, 4) is 6.07 Å². The maximum absolute atomic E-state index is 12.1. The standard InChI is InChI=1S/C2H3N.F3HN3P3/c1-2-3;1-5-7-4-8-6(2)9(5)3/h1H3;7H. The van der Waals surface area contributed by atoms with E-state index in [0.29, 0.717) is 0 Å². The molecule has 1 rings (SSSR count). The highest BCUT2D eigenvalue weighted by Crippen LogP contribution is 2.33. The van der Waals surface area contributed by atoms with Crippen molar-refractivity contribution < 1.29 is 13.2 Å². The van der Waals surface area contributed by atoms with Gasteiger partial charge in [0.1, 0.15) is 0 Å².